The Balaban J connectivity index is 2.83. The first-order chi connectivity index (χ1) is 9.51. The minimum atomic E-state index is -4.09. The van der Waals surface area contributed by atoms with Gasteiger partial charge in [0, 0.05) is 10.6 Å². The zero-order chi connectivity index (χ0) is 16.0. The second-order valence-electron chi connectivity index (χ2n) is 5.48. The number of aromatic nitrogens is 3. The molecular weight excluding hydrogens is 319 g/mol. The van der Waals surface area contributed by atoms with Gasteiger partial charge < -0.3 is 0 Å². The molecule has 2 rings (SSSR count). The van der Waals surface area contributed by atoms with E-state index in [1.54, 1.807) is 20.8 Å². The molecule has 21 heavy (non-hydrogen) atoms. The summed E-state index contributed by atoms with van der Waals surface area (Å²) < 4.78 is 38.5. The molecular formula is C12H14ClFN4O2S. The molecule has 0 aliphatic rings. The number of sulfonamides is 1. The van der Waals surface area contributed by atoms with Crippen molar-refractivity contribution in [3.8, 4) is 11.4 Å². The summed E-state index contributed by atoms with van der Waals surface area (Å²) in [4.78, 5) is 0. The highest BCUT2D eigenvalue weighted by molar-refractivity contribution is 7.89. The average Bonchev–Trinajstić information content (AvgIpc) is 2.76. The van der Waals surface area contributed by atoms with Gasteiger partial charge in [0.1, 0.15) is 5.82 Å². The molecule has 0 amide bonds. The Morgan fingerprint density at radius 1 is 1.29 bits per heavy atom. The topological polar surface area (TPSA) is 90.9 Å². The van der Waals surface area contributed by atoms with Gasteiger partial charge in [-0.2, -0.15) is 0 Å². The van der Waals surface area contributed by atoms with Crippen LogP contribution in [0.4, 0.5) is 4.39 Å². The third kappa shape index (κ3) is 3.07. The van der Waals surface area contributed by atoms with Gasteiger partial charge in [0.05, 0.1) is 5.56 Å². The van der Waals surface area contributed by atoms with Crippen molar-refractivity contribution in [2.75, 3.05) is 0 Å². The molecule has 0 radical (unpaired) electrons. The Kier molecular flexibility index (Phi) is 3.81. The van der Waals surface area contributed by atoms with E-state index in [-0.39, 0.29) is 11.4 Å². The number of halogens is 2. The van der Waals surface area contributed by atoms with Gasteiger partial charge in [-0.15, -0.1) is 10.2 Å². The van der Waals surface area contributed by atoms with Crippen LogP contribution in [-0.2, 0) is 15.6 Å². The predicted molar refractivity (Wildman–Crippen MR) is 76.8 cm³/mol. The summed E-state index contributed by atoms with van der Waals surface area (Å²) in [6.45, 7) is 5.20. The maximum absolute atomic E-state index is 14.0. The zero-order valence-electron chi connectivity index (χ0n) is 11.6. The lowest BCUT2D eigenvalue weighted by molar-refractivity contribution is 0.365. The highest BCUT2D eigenvalue weighted by Gasteiger charge is 2.30. The van der Waals surface area contributed by atoms with Crippen LogP contribution in [0, 0.1) is 5.82 Å². The van der Waals surface area contributed by atoms with Gasteiger partial charge in [0.15, 0.2) is 5.82 Å². The van der Waals surface area contributed by atoms with E-state index < -0.39 is 26.5 Å². The van der Waals surface area contributed by atoms with Crippen molar-refractivity contribution >= 4 is 21.6 Å². The Morgan fingerprint density at radius 2 is 1.90 bits per heavy atom. The summed E-state index contributed by atoms with van der Waals surface area (Å²) in [5, 5.41) is 12.4. The van der Waals surface area contributed by atoms with Gasteiger partial charge in [0.25, 0.3) is 15.2 Å². The SMILES string of the molecule is CC(C)(C)n1c(-c2cc(Cl)ccc2F)nnc1S(N)(=O)=O. The molecule has 114 valence electrons. The van der Waals surface area contributed by atoms with E-state index in [4.69, 9.17) is 16.7 Å². The fourth-order valence-corrected chi connectivity index (χ4v) is 2.84. The van der Waals surface area contributed by atoms with Gasteiger partial charge in [-0.05, 0) is 39.0 Å². The van der Waals surface area contributed by atoms with Crippen molar-refractivity contribution in [2.24, 2.45) is 5.14 Å². The highest BCUT2D eigenvalue weighted by Crippen LogP contribution is 2.30. The number of hydrogen-bond acceptors (Lipinski definition) is 4. The van der Waals surface area contributed by atoms with Gasteiger partial charge in [-0.3, -0.25) is 4.57 Å². The molecule has 2 N–H and O–H groups in total. The van der Waals surface area contributed by atoms with Crippen molar-refractivity contribution in [1.82, 2.24) is 14.8 Å². The molecule has 0 spiro atoms. The number of nitrogens with zero attached hydrogens (tertiary/aromatic N) is 3. The molecule has 1 aromatic carbocycles. The van der Waals surface area contributed by atoms with Gasteiger partial charge in [-0.1, -0.05) is 11.6 Å². The second kappa shape index (κ2) is 5.04. The number of rotatable bonds is 2. The monoisotopic (exact) mass is 332 g/mol. The minimum Gasteiger partial charge on any atom is -0.291 e. The average molecular weight is 333 g/mol. The fraction of sp³-hybridized carbons (Fsp3) is 0.333. The van der Waals surface area contributed by atoms with E-state index in [0.29, 0.717) is 5.02 Å². The standard InChI is InChI=1S/C12H14ClFN4O2S/c1-12(2,3)18-10(16-17-11(18)21(15,19)20)8-6-7(13)4-5-9(8)14/h4-6H,1-3H3,(H2,15,19,20). The molecule has 0 saturated heterocycles. The smallest absolute Gasteiger partial charge is 0.273 e. The summed E-state index contributed by atoms with van der Waals surface area (Å²) >= 11 is 5.86. The summed E-state index contributed by atoms with van der Waals surface area (Å²) in [7, 11) is -4.09. The van der Waals surface area contributed by atoms with Crippen molar-refractivity contribution < 1.29 is 12.8 Å². The number of primary sulfonamides is 1. The van der Waals surface area contributed by atoms with Crippen LogP contribution in [0.15, 0.2) is 23.4 Å². The quantitative estimate of drug-likeness (QED) is 0.912. The molecule has 0 aliphatic heterocycles. The van der Waals surface area contributed by atoms with Crippen molar-refractivity contribution in [1.29, 1.82) is 0 Å². The lowest BCUT2D eigenvalue weighted by Gasteiger charge is -2.24. The first kappa shape index (κ1) is 15.9. The van der Waals surface area contributed by atoms with Crippen LogP contribution in [0.25, 0.3) is 11.4 Å². The van der Waals surface area contributed by atoms with Crippen LogP contribution < -0.4 is 5.14 Å². The van der Waals surface area contributed by atoms with E-state index in [9.17, 15) is 12.8 Å². The summed E-state index contributed by atoms with van der Waals surface area (Å²) in [6.07, 6.45) is 0. The van der Waals surface area contributed by atoms with Crippen LogP contribution >= 0.6 is 11.6 Å². The molecule has 0 bridgehead atoms. The molecule has 0 atom stereocenters. The Hall–Kier alpha value is -1.51. The maximum atomic E-state index is 14.0. The third-order valence-corrected chi connectivity index (χ3v) is 3.74. The zero-order valence-corrected chi connectivity index (χ0v) is 13.2. The first-order valence-corrected chi connectivity index (χ1v) is 7.88. The lowest BCUT2D eigenvalue weighted by Crippen LogP contribution is -2.29. The summed E-state index contributed by atoms with van der Waals surface area (Å²) in [6, 6.07) is 3.92. The largest absolute Gasteiger partial charge is 0.291 e. The van der Waals surface area contributed by atoms with Crippen LogP contribution in [0.3, 0.4) is 0 Å². The maximum Gasteiger partial charge on any atom is 0.273 e. The molecule has 1 heterocycles. The van der Waals surface area contributed by atoms with E-state index in [2.05, 4.69) is 10.2 Å². The Morgan fingerprint density at radius 3 is 2.43 bits per heavy atom. The highest BCUT2D eigenvalue weighted by atomic mass is 35.5. The van der Waals surface area contributed by atoms with Crippen molar-refractivity contribution in [3.05, 3.63) is 29.0 Å². The molecule has 1 aromatic heterocycles. The Bertz CT molecular complexity index is 796. The van der Waals surface area contributed by atoms with Crippen molar-refractivity contribution in [2.45, 2.75) is 31.5 Å². The minimum absolute atomic E-state index is 0.0477. The molecule has 0 fully saturated rings. The number of benzene rings is 1. The van der Waals surface area contributed by atoms with Crippen LogP contribution in [0.1, 0.15) is 20.8 Å². The fourth-order valence-electron chi connectivity index (χ4n) is 1.90. The number of nitrogens with two attached hydrogens (primary N) is 1. The summed E-state index contributed by atoms with van der Waals surface area (Å²) in [5.74, 6) is -0.537. The van der Waals surface area contributed by atoms with E-state index in [1.165, 1.54) is 22.8 Å². The molecule has 0 aliphatic carbocycles. The first-order valence-electron chi connectivity index (χ1n) is 5.96. The Labute approximate surface area is 126 Å². The van der Waals surface area contributed by atoms with Gasteiger partial charge in [-0.25, -0.2) is 17.9 Å². The van der Waals surface area contributed by atoms with E-state index >= 15 is 0 Å². The van der Waals surface area contributed by atoms with Crippen LogP contribution in [0.5, 0.6) is 0 Å². The lowest BCUT2D eigenvalue weighted by atomic mass is 10.1. The predicted octanol–water partition coefficient (Wildman–Crippen LogP) is 2.14. The molecule has 0 unspecified atom stereocenters. The summed E-state index contributed by atoms with van der Waals surface area (Å²) in [5.41, 5.74) is -0.671. The van der Waals surface area contributed by atoms with Crippen LogP contribution in [0.2, 0.25) is 5.02 Å². The van der Waals surface area contributed by atoms with E-state index in [0.717, 1.165) is 0 Å². The number of hydrogen-bond donors (Lipinski definition) is 1. The third-order valence-electron chi connectivity index (χ3n) is 2.73. The second-order valence-corrected chi connectivity index (χ2v) is 7.37. The molecule has 6 nitrogen and oxygen atoms in total. The molecule has 2 aromatic rings. The van der Waals surface area contributed by atoms with E-state index in [1.807, 2.05) is 0 Å². The van der Waals surface area contributed by atoms with Crippen LogP contribution in [-0.4, -0.2) is 23.2 Å². The molecule has 0 saturated carbocycles. The van der Waals surface area contributed by atoms with Gasteiger partial charge >= 0.3 is 0 Å². The van der Waals surface area contributed by atoms with Crippen molar-refractivity contribution in [3.63, 3.8) is 0 Å². The normalized spacial score (nSPS) is 12.7. The van der Waals surface area contributed by atoms with Gasteiger partial charge in [0.2, 0.25) is 0 Å². The molecule has 9 heteroatoms.